The van der Waals surface area contributed by atoms with E-state index in [4.69, 9.17) is 0 Å². The van der Waals surface area contributed by atoms with E-state index in [1.54, 1.807) is 17.9 Å². The highest BCUT2D eigenvalue weighted by atomic mass is 19.1. The SMILES string of the molecule is CCCN(CCC)C(=O)c1cc(C)nc(C(=O)NC(CCNCc2cccc(CC)c2)Cc2cc(F)cc(F)c2)c1. The van der Waals surface area contributed by atoms with Crippen molar-refractivity contribution >= 4 is 11.8 Å². The topological polar surface area (TPSA) is 74.3 Å². The Morgan fingerprint density at radius 2 is 1.59 bits per heavy atom. The molecule has 220 valence electrons. The molecule has 0 fully saturated rings. The van der Waals surface area contributed by atoms with Crippen molar-refractivity contribution in [3.8, 4) is 0 Å². The van der Waals surface area contributed by atoms with Gasteiger partial charge >= 0.3 is 0 Å². The van der Waals surface area contributed by atoms with Crippen molar-refractivity contribution in [1.29, 1.82) is 0 Å². The number of pyridine rings is 1. The van der Waals surface area contributed by atoms with Crippen LogP contribution in [0.2, 0.25) is 0 Å². The number of carbonyl (C=O) groups excluding carboxylic acids is 2. The number of carbonyl (C=O) groups is 2. The zero-order valence-corrected chi connectivity index (χ0v) is 24.6. The molecule has 3 aromatic rings. The molecule has 2 aromatic carbocycles. The Morgan fingerprint density at radius 1 is 0.902 bits per heavy atom. The third-order valence-electron chi connectivity index (χ3n) is 6.85. The quantitative estimate of drug-likeness (QED) is 0.222. The molecular weight excluding hydrogens is 522 g/mol. The molecule has 0 saturated heterocycles. The van der Waals surface area contributed by atoms with Gasteiger partial charge in [0, 0.05) is 43.0 Å². The van der Waals surface area contributed by atoms with Crippen molar-refractivity contribution in [2.75, 3.05) is 19.6 Å². The predicted molar refractivity (Wildman–Crippen MR) is 159 cm³/mol. The predicted octanol–water partition coefficient (Wildman–Crippen LogP) is 6.01. The summed E-state index contributed by atoms with van der Waals surface area (Å²) >= 11 is 0. The van der Waals surface area contributed by atoms with Gasteiger partial charge in [0.25, 0.3) is 11.8 Å². The third-order valence-corrected chi connectivity index (χ3v) is 6.85. The van der Waals surface area contributed by atoms with Gasteiger partial charge in [-0.3, -0.25) is 9.59 Å². The number of halogens is 2. The Morgan fingerprint density at radius 3 is 2.24 bits per heavy atom. The minimum atomic E-state index is -0.661. The fraction of sp³-hybridized carbons (Fsp3) is 0.424. The van der Waals surface area contributed by atoms with Gasteiger partial charge in [0.15, 0.2) is 0 Å². The number of aryl methyl sites for hydroxylation is 2. The van der Waals surface area contributed by atoms with Crippen molar-refractivity contribution < 1.29 is 18.4 Å². The lowest BCUT2D eigenvalue weighted by Gasteiger charge is -2.22. The zero-order chi connectivity index (χ0) is 29.8. The molecule has 0 saturated carbocycles. The first-order chi connectivity index (χ1) is 19.7. The fourth-order valence-electron chi connectivity index (χ4n) is 4.91. The molecular formula is C33H42F2N4O2. The summed E-state index contributed by atoms with van der Waals surface area (Å²) in [4.78, 5) is 32.8. The molecule has 0 radical (unpaired) electrons. The Bertz CT molecular complexity index is 1290. The maximum absolute atomic E-state index is 13.9. The summed E-state index contributed by atoms with van der Waals surface area (Å²) in [6, 6.07) is 14.6. The molecule has 0 spiro atoms. The van der Waals surface area contributed by atoms with E-state index in [0.717, 1.165) is 25.3 Å². The van der Waals surface area contributed by atoms with Gasteiger partial charge in [-0.1, -0.05) is 45.0 Å². The summed E-state index contributed by atoms with van der Waals surface area (Å²) in [6.07, 6.45) is 3.40. The van der Waals surface area contributed by atoms with Gasteiger partial charge in [0.05, 0.1) is 0 Å². The number of aromatic nitrogens is 1. The van der Waals surface area contributed by atoms with Crippen LogP contribution < -0.4 is 10.6 Å². The first kappa shape index (κ1) is 31.9. The standard InChI is InChI=1S/C33H42F2N4O2/c1-5-13-39(14-6-2)33(41)27-15-23(4)37-31(20-27)32(40)38-30(19-26-17-28(34)21-29(35)18-26)11-12-36-22-25-10-8-9-24(7-3)16-25/h8-10,15-18,20-21,30,36H,5-7,11-14,19,22H2,1-4H3,(H,38,40). The Balaban J connectivity index is 1.75. The largest absolute Gasteiger partial charge is 0.348 e. The number of rotatable bonds is 15. The van der Waals surface area contributed by atoms with Crippen LogP contribution in [0, 0.1) is 18.6 Å². The van der Waals surface area contributed by atoms with Crippen LogP contribution in [0.15, 0.2) is 54.6 Å². The van der Waals surface area contributed by atoms with Crippen molar-refractivity contribution in [3.63, 3.8) is 0 Å². The minimum Gasteiger partial charge on any atom is -0.348 e. The maximum atomic E-state index is 13.9. The Kier molecular flexibility index (Phi) is 12.4. The van der Waals surface area contributed by atoms with E-state index in [9.17, 15) is 18.4 Å². The summed E-state index contributed by atoms with van der Waals surface area (Å²) in [5, 5.41) is 6.41. The highest BCUT2D eigenvalue weighted by Gasteiger charge is 2.20. The molecule has 1 unspecified atom stereocenters. The molecule has 2 amide bonds. The molecule has 41 heavy (non-hydrogen) atoms. The van der Waals surface area contributed by atoms with Crippen LogP contribution in [-0.2, 0) is 19.4 Å². The molecule has 3 rings (SSSR count). The first-order valence-corrected chi connectivity index (χ1v) is 14.5. The molecule has 1 atom stereocenters. The lowest BCUT2D eigenvalue weighted by molar-refractivity contribution is 0.0755. The number of benzene rings is 2. The van der Waals surface area contributed by atoms with Gasteiger partial charge < -0.3 is 15.5 Å². The summed E-state index contributed by atoms with van der Waals surface area (Å²) in [6.45, 7) is 10.4. The summed E-state index contributed by atoms with van der Waals surface area (Å²) < 4.78 is 27.8. The fourth-order valence-corrected chi connectivity index (χ4v) is 4.91. The van der Waals surface area contributed by atoms with Crippen LogP contribution in [0.25, 0.3) is 0 Å². The van der Waals surface area contributed by atoms with E-state index < -0.39 is 23.6 Å². The third kappa shape index (κ3) is 10.0. The van der Waals surface area contributed by atoms with Gasteiger partial charge in [0.1, 0.15) is 17.3 Å². The number of hydrogen-bond acceptors (Lipinski definition) is 4. The second-order valence-electron chi connectivity index (χ2n) is 10.5. The van der Waals surface area contributed by atoms with E-state index in [0.29, 0.717) is 49.4 Å². The number of hydrogen-bond donors (Lipinski definition) is 2. The highest BCUT2D eigenvalue weighted by Crippen LogP contribution is 2.14. The van der Waals surface area contributed by atoms with Crippen LogP contribution in [-0.4, -0.2) is 47.4 Å². The van der Waals surface area contributed by atoms with Crippen LogP contribution in [0.4, 0.5) is 8.78 Å². The lowest BCUT2D eigenvalue weighted by Crippen LogP contribution is -2.39. The van der Waals surface area contributed by atoms with E-state index >= 15 is 0 Å². The first-order valence-electron chi connectivity index (χ1n) is 14.5. The summed E-state index contributed by atoms with van der Waals surface area (Å²) in [7, 11) is 0. The number of nitrogens with one attached hydrogen (secondary N) is 2. The zero-order valence-electron chi connectivity index (χ0n) is 24.6. The normalized spacial score (nSPS) is 11.8. The van der Waals surface area contributed by atoms with Gasteiger partial charge in [-0.2, -0.15) is 0 Å². The molecule has 2 N–H and O–H groups in total. The van der Waals surface area contributed by atoms with Crippen molar-refractivity contribution in [1.82, 2.24) is 20.5 Å². The van der Waals surface area contributed by atoms with E-state index in [-0.39, 0.29) is 18.0 Å². The maximum Gasteiger partial charge on any atom is 0.270 e. The van der Waals surface area contributed by atoms with Gasteiger partial charge in [-0.15, -0.1) is 0 Å². The Hall–Kier alpha value is -3.65. The molecule has 8 heteroatoms. The molecule has 6 nitrogen and oxygen atoms in total. The summed E-state index contributed by atoms with van der Waals surface area (Å²) in [5.74, 6) is -1.88. The molecule has 0 aliphatic carbocycles. The van der Waals surface area contributed by atoms with E-state index in [2.05, 4.69) is 40.7 Å². The molecule has 0 aliphatic heterocycles. The number of amides is 2. The van der Waals surface area contributed by atoms with Crippen LogP contribution in [0.5, 0.6) is 0 Å². The minimum absolute atomic E-state index is 0.128. The molecule has 1 aromatic heterocycles. The average molecular weight is 565 g/mol. The molecule has 1 heterocycles. The van der Waals surface area contributed by atoms with Gasteiger partial charge in [0.2, 0.25) is 0 Å². The molecule has 0 bridgehead atoms. The smallest absolute Gasteiger partial charge is 0.270 e. The second kappa shape index (κ2) is 16.0. The molecule has 0 aliphatic rings. The van der Waals surface area contributed by atoms with Crippen LogP contribution >= 0.6 is 0 Å². The highest BCUT2D eigenvalue weighted by molar-refractivity contribution is 5.98. The van der Waals surface area contributed by atoms with Crippen molar-refractivity contribution in [2.24, 2.45) is 0 Å². The summed E-state index contributed by atoms with van der Waals surface area (Å²) in [5.41, 5.74) is 4.00. The van der Waals surface area contributed by atoms with Gasteiger partial charge in [-0.25, -0.2) is 13.8 Å². The second-order valence-corrected chi connectivity index (χ2v) is 10.5. The van der Waals surface area contributed by atoms with Crippen molar-refractivity contribution in [2.45, 2.75) is 72.4 Å². The van der Waals surface area contributed by atoms with Gasteiger partial charge in [-0.05, 0) is 86.5 Å². The average Bonchev–Trinajstić information content (AvgIpc) is 2.94. The monoisotopic (exact) mass is 564 g/mol. The van der Waals surface area contributed by atoms with Crippen molar-refractivity contribution in [3.05, 3.63) is 99.9 Å². The van der Waals surface area contributed by atoms with E-state index in [1.165, 1.54) is 29.3 Å². The lowest BCUT2D eigenvalue weighted by atomic mass is 10.0. The number of nitrogens with zero attached hydrogens (tertiary/aromatic N) is 2. The van der Waals surface area contributed by atoms with E-state index in [1.807, 2.05) is 19.9 Å². The van der Waals surface area contributed by atoms with Crippen LogP contribution in [0.1, 0.15) is 83.3 Å². The van der Waals surface area contributed by atoms with Crippen LogP contribution in [0.3, 0.4) is 0 Å². The Labute approximate surface area is 242 Å².